The van der Waals surface area contributed by atoms with Crippen molar-refractivity contribution in [1.29, 1.82) is 0 Å². The van der Waals surface area contributed by atoms with Gasteiger partial charge in [-0.05, 0) is 30.3 Å². The fourth-order valence-corrected chi connectivity index (χ4v) is 3.44. The van der Waals surface area contributed by atoms with Gasteiger partial charge in [-0.15, -0.1) is 0 Å². The predicted molar refractivity (Wildman–Crippen MR) is 109 cm³/mol. The van der Waals surface area contributed by atoms with E-state index in [2.05, 4.69) is 10.6 Å². The second-order valence-electron chi connectivity index (χ2n) is 6.17. The number of hydrogen-bond acceptors (Lipinski definition) is 4. The molecule has 0 aromatic heterocycles. The first kappa shape index (κ1) is 20.1. The lowest BCUT2D eigenvalue weighted by molar-refractivity contribution is -0.117. The molecule has 0 bridgehead atoms. The van der Waals surface area contributed by atoms with Crippen molar-refractivity contribution in [2.45, 2.75) is 12.5 Å². The number of urea groups is 1. The minimum atomic E-state index is -0.448. The van der Waals surface area contributed by atoms with Crippen molar-refractivity contribution >= 4 is 46.5 Å². The van der Waals surface area contributed by atoms with E-state index < -0.39 is 6.03 Å². The van der Waals surface area contributed by atoms with Crippen molar-refractivity contribution in [3.05, 3.63) is 46.4 Å². The SMILES string of the molecule is COc1ccc(N2CC(NC(=O)Nc3ccc(Cl)cc3Cl)CC2=O)cc1OC. The van der Waals surface area contributed by atoms with Gasteiger partial charge in [0.25, 0.3) is 0 Å². The van der Waals surface area contributed by atoms with Crippen LogP contribution in [0, 0.1) is 0 Å². The molecule has 9 heteroatoms. The standard InChI is InChI=1S/C19H19Cl2N3O4/c1-27-16-6-4-13(9-17(16)28-2)24-10-12(8-18(24)25)22-19(26)23-15-5-3-11(20)7-14(15)21/h3-7,9,12H,8,10H2,1-2H3,(H2,22,23,26). The summed E-state index contributed by atoms with van der Waals surface area (Å²) in [6.45, 7) is 0.343. The first-order chi connectivity index (χ1) is 13.4. The second kappa shape index (κ2) is 8.58. The number of ether oxygens (including phenoxy) is 2. The highest BCUT2D eigenvalue weighted by atomic mass is 35.5. The van der Waals surface area contributed by atoms with E-state index in [9.17, 15) is 9.59 Å². The summed E-state index contributed by atoms with van der Waals surface area (Å²) in [4.78, 5) is 26.3. The number of anilines is 2. The summed E-state index contributed by atoms with van der Waals surface area (Å²) in [5.74, 6) is 1.01. The Morgan fingerprint density at radius 2 is 1.86 bits per heavy atom. The fraction of sp³-hybridized carbons (Fsp3) is 0.263. The number of rotatable bonds is 5. The van der Waals surface area contributed by atoms with Crippen LogP contribution in [0.2, 0.25) is 10.0 Å². The third-order valence-electron chi connectivity index (χ3n) is 4.32. The van der Waals surface area contributed by atoms with Gasteiger partial charge in [-0.3, -0.25) is 4.79 Å². The maximum Gasteiger partial charge on any atom is 0.319 e. The van der Waals surface area contributed by atoms with Gasteiger partial charge < -0.3 is 25.0 Å². The molecule has 148 valence electrons. The lowest BCUT2D eigenvalue weighted by atomic mass is 10.2. The van der Waals surface area contributed by atoms with E-state index in [0.29, 0.717) is 39.5 Å². The van der Waals surface area contributed by atoms with Crippen LogP contribution in [0.1, 0.15) is 6.42 Å². The van der Waals surface area contributed by atoms with E-state index in [1.54, 1.807) is 42.3 Å². The molecule has 1 atom stereocenters. The molecule has 1 aliphatic rings. The molecule has 28 heavy (non-hydrogen) atoms. The number of nitrogens with zero attached hydrogens (tertiary/aromatic N) is 1. The van der Waals surface area contributed by atoms with Gasteiger partial charge in [0, 0.05) is 29.7 Å². The van der Waals surface area contributed by atoms with Crippen LogP contribution in [0.25, 0.3) is 0 Å². The molecule has 0 spiro atoms. The Bertz CT molecular complexity index is 907. The predicted octanol–water partition coefficient (Wildman–Crippen LogP) is 3.94. The van der Waals surface area contributed by atoms with E-state index >= 15 is 0 Å². The van der Waals surface area contributed by atoms with Crippen molar-refractivity contribution in [3.8, 4) is 11.5 Å². The molecule has 0 radical (unpaired) electrons. The smallest absolute Gasteiger partial charge is 0.319 e. The van der Waals surface area contributed by atoms with Gasteiger partial charge in [0.15, 0.2) is 11.5 Å². The van der Waals surface area contributed by atoms with Crippen LogP contribution >= 0.6 is 23.2 Å². The highest BCUT2D eigenvalue weighted by Gasteiger charge is 2.32. The molecule has 1 fully saturated rings. The molecule has 2 aromatic rings. The first-order valence-corrected chi connectivity index (χ1v) is 9.22. The Morgan fingerprint density at radius 1 is 1.11 bits per heavy atom. The van der Waals surface area contributed by atoms with Crippen molar-refractivity contribution in [3.63, 3.8) is 0 Å². The summed E-state index contributed by atoms with van der Waals surface area (Å²) in [6.07, 6.45) is 0.191. The molecular weight excluding hydrogens is 405 g/mol. The lowest BCUT2D eigenvalue weighted by Gasteiger charge is -2.19. The molecule has 1 aliphatic heterocycles. The van der Waals surface area contributed by atoms with Gasteiger partial charge in [-0.1, -0.05) is 23.2 Å². The van der Waals surface area contributed by atoms with Crippen LogP contribution in [-0.4, -0.2) is 38.7 Å². The summed E-state index contributed by atoms with van der Waals surface area (Å²) < 4.78 is 10.5. The largest absolute Gasteiger partial charge is 0.493 e. The van der Waals surface area contributed by atoms with E-state index in [1.165, 1.54) is 13.2 Å². The molecule has 7 nitrogen and oxygen atoms in total. The van der Waals surface area contributed by atoms with Gasteiger partial charge in [0.2, 0.25) is 5.91 Å². The number of halogens is 2. The molecule has 3 amide bonds. The quantitative estimate of drug-likeness (QED) is 0.762. The van der Waals surface area contributed by atoms with Gasteiger partial charge >= 0.3 is 6.03 Å². The summed E-state index contributed by atoms with van der Waals surface area (Å²) in [7, 11) is 3.08. The highest BCUT2D eigenvalue weighted by molar-refractivity contribution is 6.36. The van der Waals surface area contributed by atoms with Gasteiger partial charge in [-0.2, -0.15) is 0 Å². The minimum Gasteiger partial charge on any atom is -0.493 e. The zero-order valence-corrected chi connectivity index (χ0v) is 16.8. The Hall–Kier alpha value is -2.64. The highest BCUT2D eigenvalue weighted by Crippen LogP contribution is 2.33. The average molecular weight is 424 g/mol. The number of carbonyl (C=O) groups excluding carboxylic acids is 2. The zero-order chi connectivity index (χ0) is 20.3. The average Bonchev–Trinajstić information content (AvgIpc) is 3.03. The van der Waals surface area contributed by atoms with Crippen LogP contribution in [0.4, 0.5) is 16.2 Å². The Labute approximate surface area is 172 Å². The van der Waals surface area contributed by atoms with Crippen LogP contribution in [0.15, 0.2) is 36.4 Å². The summed E-state index contributed by atoms with van der Waals surface area (Å²) in [5.41, 5.74) is 1.11. The molecule has 0 aliphatic carbocycles. The van der Waals surface area contributed by atoms with Crippen molar-refractivity contribution in [2.24, 2.45) is 0 Å². The number of hydrogen-bond donors (Lipinski definition) is 2. The number of carbonyl (C=O) groups is 2. The number of amides is 3. The topological polar surface area (TPSA) is 79.9 Å². The number of nitrogens with one attached hydrogen (secondary N) is 2. The van der Waals surface area contributed by atoms with Gasteiger partial charge in [0.1, 0.15) is 0 Å². The summed E-state index contributed by atoms with van der Waals surface area (Å²) >= 11 is 11.9. The molecule has 3 rings (SSSR count). The first-order valence-electron chi connectivity index (χ1n) is 8.46. The normalized spacial score (nSPS) is 16.1. The third kappa shape index (κ3) is 4.43. The van der Waals surface area contributed by atoms with Crippen LogP contribution in [0.3, 0.4) is 0 Å². The number of benzene rings is 2. The van der Waals surface area contributed by atoms with Gasteiger partial charge in [0.05, 0.1) is 31.0 Å². The molecule has 2 aromatic carbocycles. The summed E-state index contributed by atoms with van der Waals surface area (Å²) in [5, 5.41) is 6.26. The zero-order valence-electron chi connectivity index (χ0n) is 15.3. The van der Waals surface area contributed by atoms with E-state index in [-0.39, 0.29) is 18.4 Å². The Morgan fingerprint density at radius 3 is 2.54 bits per heavy atom. The Kier molecular flexibility index (Phi) is 6.16. The monoisotopic (exact) mass is 423 g/mol. The van der Waals surface area contributed by atoms with Crippen LogP contribution < -0.4 is 25.0 Å². The van der Waals surface area contributed by atoms with Gasteiger partial charge in [-0.25, -0.2) is 4.79 Å². The van der Waals surface area contributed by atoms with E-state index in [4.69, 9.17) is 32.7 Å². The lowest BCUT2D eigenvalue weighted by Crippen LogP contribution is -2.39. The minimum absolute atomic E-state index is 0.0953. The fourth-order valence-electron chi connectivity index (χ4n) is 2.98. The maximum absolute atomic E-state index is 12.4. The molecule has 1 unspecified atom stereocenters. The second-order valence-corrected chi connectivity index (χ2v) is 7.01. The van der Waals surface area contributed by atoms with Crippen LogP contribution in [-0.2, 0) is 4.79 Å². The van der Waals surface area contributed by atoms with Crippen molar-refractivity contribution in [1.82, 2.24) is 5.32 Å². The van der Waals surface area contributed by atoms with Crippen molar-refractivity contribution < 1.29 is 19.1 Å². The molecule has 0 saturated carbocycles. The molecular formula is C19H19Cl2N3O4. The van der Waals surface area contributed by atoms with Crippen LogP contribution in [0.5, 0.6) is 11.5 Å². The maximum atomic E-state index is 12.4. The Balaban J connectivity index is 1.65. The van der Waals surface area contributed by atoms with Crippen molar-refractivity contribution in [2.75, 3.05) is 31.0 Å². The molecule has 1 saturated heterocycles. The summed E-state index contributed by atoms with van der Waals surface area (Å²) in [6, 6.07) is 9.22. The number of methoxy groups -OCH3 is 2. The molecule has 2 N–H and O–H groups in total. The third-order valence-corrected chi connectivity index (χ3v) is 4.87. The molecule has 1 heterocycles. The van der Waals surface area contributed by atoms with E-state index in [1.807, 2.05) is 0 Å². The van der Waals surface area contributed by atoms with E-state index in [0.717, 1.165) is 0 Å².